The summed E-state index contributed by atoms with van der Waals surface area (Å²) >= 11 is 0. The monoisotopic (exact) mass is 243 g/mol. The lowest BCUT2D eigenvalue weighted by Gasteiger charge is -2.28. The van der Waals surface area contributed by atoms with Crippen LogP contribution in [0.15, 0.2) is 5.16 Å². The second kappa shape index (κ2) is 6.81. The van der Waals surface area contributed by atoms with Crippen molar-refractivity contribution in [3.05, 3.63) is 0 Å². The summed E-state index contributed by atoms with van der Waals surface area (Å²) in [6.45, 7) is 2.56. The van der Waals surface area contributed by atoms with E-state index in [2.05, 4.69) is 10.5 Å². The molecule has 5 N–H and O–H groups in total. The third-order valence-corrected chi connectivity index (χ3v) is 3.46. The van der Waals surface area contributed by atoms with Crippen LogP contribution in [0.5, 0.6) is 0 Å². The van der Waals surface area contributed by atoms with Crippen molar-refractivity contribution in [3.8, 4) is 0 Å². The second-order valence-corrected chi connectivity index (χ2v) is 5.22. The maximum atomic E-state index is 10.4. The fourth-order valence-corrected chi connectivity index (χ4v) is 2.35. The molecule has 1 rings (SSSR count). The van der Waals surface area contributed by atoms with Crippen LogP contribution >= 0.6 is 0 Å². The zero-order valence-corrected chi connectivity index (χ0v) is 10.7. The molecule has 0 bridgehead atoms. The predicted molar refractivity (Wildman–Crippen MR) is 68.1 cm³/mol. The van der Waals surface area contributed by atoms with Gasteiger partial charge in [0.1, 0.15) is 5.84 Å². The van der Waals surface area contributed by atoms with Gasteiger partial charge in [-0.05, 0) is 19.8 Å². The molecule has 0 aliphatic heterocycles. The fraction of sp³-hybridized carbons (Fsp3) is 0.917. The highest BCUT2D eigenvalue weighted by atomic mass is 16.4. The van der Waals surface area contributed by atoms with Gasteiger partial charge in [-0.25, -0.2) is 0 Å². The number of amidine groups is 1. The topological polar surface area (TPSA) is 90.9 Å². The SMILES string of the molecule is CC(CC(N)=NO)NCC1(O)CCCCCC1. The number of nitrogens with one attached hydrogen (secondary N) is 1. The van der Waals surface area contributed by atoms with Gasteiger partial charge < -0.3 is 21.4 Å². The molecule has 1 aliphatic rings. The third-order valence-electron chi connectivity index (χ3n) is 3.46. The number of hydrogen-bond acceptors (Lipinski definition) is 4. The van der Waals surface area contributed by atoms with Gasteiger partial charge in [0.2, 0.25) is 0 Å². The van der Waals surface area contributed by atoms with Crippen LogP contribution in [0.2, 0.25) is 0 Å². The molecule has 0 aromatic rings. The number of oxime groups is 1. The van der Waals surface area contributed by atoms with Gasteiger partial charge in [0, 0.05) is 19.0 Å². The van der Waals surface area contributed by atoms with Crippen LogP contribution in [-0.2, 0) is 0 Å². The molecule has 0 aromatic carbocycles. The molecule has 1 saturated carbocycles. The van der Waals surface area contributed by atoms with Crippen LogP contribution in [-0.4, -0.2) is 34.3 Å². The summed E-state index contributed by atoms with van der Waals surface area (Å²) in [5.74, 6) is 0.220. The first-order valence-corrected chi connectivity index (χ1v) is 6.48. The number of nitrogens with zero attached hydrogens (tertiary/aromatic N) is 1. The Morgan fingerprint density at radius 2 is 1.94 bits per heavy atom. The Morgan fingerprint density at radius 3 is 2.47 bits per heavy atom. The first kappa shape index (κ1) is 14.3. The largest absolute Gasteiger partial charge is 0.409 e. The highest BCUT2D eigenvalue weighted by molar-refractivity contribution is 5.80. The van der Waals surface area contributed by atoms with Crippen molar-refractivity contribution in [3.63, 3.8) is 0 Å². The summed E-state index contributed by atoms with van der Waals surface area (Å²) in [6.07, 6.45) is 6.89. The summed E-state index contributed by atoms with van der Waals surface area (Å²) in [6, 6.07) is 0.109. The van der Waals surface area contributed by atoms with Crippen molar-refractivity contribution in [1.82, 2.24) is 5.32 Å². The molecule has 1 unspecified atom stereocenters. The van der Waals surface area contributed by atoms with Crippen LogP contribution in [0, 0.1) is 0 Å². The number of aliphatic hydroxyl groups is 1. The van der Waals surface area contributed by atoms with Gasteiger partial charge in [0.05, 0.1) is 5.60 Å². The lowest BCUT2D eigenvalue weighted by atomic mass is 9.94. The van der Waals surface area contributed by atoms with E-state index in [0.717, 1.165) is 25.7 Å². The van der Waals surface area contributed by atoms with Gasteiger partial charge in [-0.1, -0.05) is 30.8 Å². The third kappa shape index (κ3) is 5.37. The molecule has 5 heteroatoms. The Bertz CT molecular complexity index is 248. The van der Waals surface area contributed by atoms with Gasteiger partial charge in [-0.2, -0.15) is 0 Å². The summed E-state index contributed by atoms with van der Waals surface area (Å²) in [7, 11) is 0. The van der Waals surface area contributed by atoms with E-state index in [9.17, 15) is 5.11 Å². The predicted octanol–water partition coefficient (Wildman–Crippen LogP) is 1.19. The standard InChI is InChI=1S/C12H25N3O2/c1-10(8-11(13)15-17)14-9-12(16)6-4-2-3-5-7-12/h10,14,16-17H,2-9H2,1H3,(H2,13,15). The van der Waals surface area contributed by atoms with Crippen molar-refractivity contribution in [2.45, 2.75) is 63.5 Å². The summed E-state index contributed by atoms with van der Waals surface area (Å²) in [5, 5.41) is 25.1. The summed E-state index contributed by atoms with van der Waals surface area (Å²) < 4.78 is 0. The average Bonchev–Trinajstić information content (AvgIpc) is 2.52. The molecule has 5 nitrogen and oxygen atoms in total. The average molecular weight is 243 g/mol. The van der Waals surface area contributed by atoms with Gasteiger partial charge in [0.25, 0.3) is 0 Å². The normalized spacial score (nSPS) is 23.1. The van der Waals surface area contributed by atoms with Crippen LogP contribution < -0.4 is 11.1 Å². The maximum Gasteiger partial charge on any atom is 0.140 e. The van der Waals surface area contributed by atoms with Crippen molar-refractivity contribution in [2.24, 2.45) is 10.9 Å². The van der Waals surface area contributed by atoms with Crippen molar-refractivity contribution in [2.75, 3.05) is 6.54 Å². The molecule has 1 aliphatic carbocycles. The van der Waals surface area contributed by atoms with E-state index < -0.39 is 5.60 Å². The molecule has 0 radical (unpaired) electrons. The highest BCUT2D eigenvalue weighted by Gasteiger charge is 2.27. The van der Waals surface area contributed by atoms with Crippen LogP contribution in [0.25, 0.3) is 0 Å². The second-order valence-electron chi connectivity index (χ2n) is 5.22. The number of rotatable bonds is 5. The molecular formula is C12H25N3O2. The van der Waals surface area contributed by atoms with Crippen LogP contribution in [0.1, 0.15) is 51.9 Å². The maximum absolute atomic E-state index is 10.4. The molecule has 0 saturated heterocycles. The molecule has 17 heavy (non-hydrogen) atoms. The molecule has 0 heterocycles. The lowest BCUT2D eigenvalue weighted by Crippen LogP contribution is -2.44. The first-order chi connectivity index (χ1) is 8.06. The van der Waals surface area contributed by atoms with E-state index >= 15 is 0 Å². The van der Waals surface area contributed by atoms with Crippen molar-refractivity contribution in [1.29, 1.82) is 0 Å². The Kier molecular flexibility index (Phi) is 5.71. The lowest BCUT2D eigenvalue weighted by molar-refractivity contribution is 0.0233. The Morgan fingerprint density at radius 1 is 1.35 bits per heavy atom. The van der Waals surface area contributed by atoms with Gasteiger partial charge in [0.15, 0.2) is 0 Å². The molecular weight excluding hydrogens is 218 g/mol. The minimum atomic E-state index is -0.574. The van der Waals surface area contributed by atoms with E-state index in [1.54, 1.807) is 0 Å². The van der Waals surface area contributed by atoms with Gasteiger partial charge >= 0.3 is 0 Å². The Balaban J connectivity index is 2.32. The Labute approximate surface area is 103 Å². The van der Waals surface area contributed by atoms with E-state index in [1.807, 2.05) is 6.92 Å². The molecule has 1 atom stereocenters. The first-order valence-electron chi connectivity index (χ1n) is 6.48. The molecule has 0 aromatic heterocycles. The van der Waals surface area contributed by atoms with Crippen LogP contribution in [0.4, 0.5) is 0 Å². The fourth-order valence-electron chi connectivity index (χ4n) is 2.35. The minimum Gasteiger partial charge on any atom is -0.409 e. The van der Waals surface area contributed by atoms with Crippen molar-refractivity contribution >= 4 is 5.84 Å². The summed E-state index contributed by atoms with van der Waals surface area (Å²) in [5.41, 5.74) is 4.86. The number of nitrogens with two attached hydrogens (primary N) is 1. The minimum absolute atomic E-state index is 0.109. The van der Waals surface area contributed by atoms with Crippen molar-refractivity contribution < 1.29 is 10.3 Å². The molecule has 0 spiro atoms. The number of hydrogen-bond donors (Lipinski definition) is 4. The summed E-state index contributed by atoms with van der Waals surface area (Å²) in [4.78, 5) is 0. The van der Waals surface area contributed by atoms with E-state index in [4.69, 9.17) is 10.9 Å². The molecule has 0 amide bonds. The van der Waals surface area contributed by atoms with Gasteiger partial charge in [-0.15, -0.1) is 0 Å². The van der Waals surface area contributed by atoms with E-state index in [0.29, 0.717) is 13.0 Å². The highest BCUT2D eigenvalue weighted by Crippen LogP contribution is 2.26. The molecule has 1 fully saturated rings. The zero-order valence-electron chi connectivity index (χ0n) is 10.7. The zero-order chi connectivity index (χ0) is 12.7. The Hall–Kier alpha value is -0.810. The van der Waals surface area contributed by atoms with Crippen LogP contribution in [0.3, 0.4) is 0 Å². The van der Waals surface area contributed by atoms with E-state index in [1.165, 1.54) is 12.8 Å². The molecule has 100 valence electrons. The van der Waals surface area contributed by atoms with E-state index in [-0.39, 0.29) is 11.9 Å². The smallest absolute Gasteiger partial charge is 0.140 e. The van der Waals surface area contributed by atoms with Gasteiger partial charge in [-0.3, -0.25) is 0 Å². The quantitative estimate of drug-likeness (QED) is 0.192.